The lowest BCUT2D eigenvalue weighted by atomic mass is 9.76. The van der Waals surface area contributed by atoms with Crippen molar-refractivity contribution >= 4 is 23.4 Å². The molecule has 2 amide bonds. The van der Waals surface area contributed by atoms with Gasteiger partial charge in [-0.25, -0.2) is 0 Å². The second kappa shape index (κ2) is 3.89. The van der Waals surface area contributed by atoms with Crippen LogP contribution in [0.2, 0.25) is 5.02 Å². The van der Waals surface area contributed by atoms with Crippen LogP contribution in [0, 0.1) is 11.8 Å². The molecule has 0 radical (unpaired) electrons. The number of carbonyl (C=O) groups excluding carboxylic acids is 2. The molecule has 4 atom stereocenters. The second-order valence-corrected chi connectivity index (χ2v) is 6.57. The molecular formula is C17H12ClNO3. The van der Waals surface area contributed by atoms with Crippen molar-refractivity contribution in [1.82, 2.24) is 4.90 Å². The van der Waals surface area contributed by atoms with Gasteiger partial charge < -0.3 is 4.74 Å². The Kier molecular flexibility index (Phi) is 2.23. The Morgan fingerprint density at radius 3 is 2.41 bits per heavy atom. The summed E-state index contributed by atoms with van der Waals surface area (Å²) in [7, 11) is 1.55. The third kappa shape index (κ3) is 1.25. The van der Waals surface area contributed by atoms with Gasteiger partial charge in [0.05, 0.1) is 24.0 Å². The van der Waals surface area contributed by atoms with Gasteiger partial charge in [0.2, 0.25) is 11.8 Å². The summed E-state index contributed by atoms with van der Waals surface area (Å²) in [5.74, 6) is -1.14. The molecule has 3 aliphatic heterocycles. The van der Waals surface area contributed by atoms with Crippen molar-refractivity contribution in [1.29, 1.82) is 0 Å². The Bertz CT molecular complexity index is 833. The van der Waals surface area contributed by atoms with Crippen molar-refractivity contribution in [3.05, 3.63) is 46.5 Å². The summed E-state index contributed by atoms with van der Waals surface area (Å²) in [5, 5.41) is 0.604. The summed E-state index contributed by atoms with van der Waals surface area (Å²) in [6, 6.07) is 9.85. The van der Waals surface area contributed by atoms with E-state index in [9.17, 15) is 9.59 Å². The van der Waals surface area contributed by atoms with E-state index in [4.69, 9.17) is 16.3 Å². The smallest absolute Gasteiger partial charge is 0.235 e. The summed E-state index contributed by atoms with van der Waals surface area (Å²) in [5.41, 5.74) is 3.99. The molecule has 0 N–H and O–H groups in total. The molecule has 0 saturated carbocycles. The molecule has 5 heteroatoms. The fourth-order valence-corrected chi connectivity index (χ4v) is 4.54. The molecule has 0 aromatic rings. The van der Waals surface area contributed by atoms with Crippen molar-refractivity contribution in [3.8, 4) is 11.1 Å². The number of likely N-dealkylation sites (tertiary alicyclic amines) is 1. The van der Waals surface area contributed by atoms with Crippen LogP contribution in [0.5, 0.6) is 0 Å². The molecule has 2 saturated heterocycles. The molecule has 0 aromatic carbocycles. The summed E-state index contributed by atoms with van der Waals surface area (Å²) in [6.07, 6.45) is -0.786. The first-order valence-electron chi connectivity index (χ1n) is 7.27. The van der Waals surface area contributed by atoms with Gasteiger partial charge in [-0.3, -0.25) is 14.5 Å². The summed E-state index contributed by atoms with van der Waals surface area (Å²) >= 11 is 6.46. The van der Waals surface area contributed by atoms with Crippen LogP contribution >= 0.6 is 11.6 Å². The number of halogens is 1. The molecule has 0 unspecified atom stereocenters. The van der Waals surface area contributed by atoms with Crippen LogP contribution in [0.15, 0.2) is 30.3 Å². The van der Waals surface area contributed by atoms with Gasteiger partial charge >= 0.3 is 0 Å². The van der Waals surface area contributed by atoms with Crippen LogP contribution in [-0.4, -0.2) is 23.8 Å². The van der Waals surface area contributed by atoms with Crippen molar-refractivity contribution in [2.45, 2.75) is 12.2 Å². The van der Waals surface area contributed by atoms with Crippen LogP contribution in [0.1, 0.15) is 23.3 Å². The molecule has 2 fully saturated rings. The molecule has 5 aliphatic rings. The minimum absolute atomic E-state index is 0.143. The van der Waals surface area contributed by atoms with Gasteiger partial charge in [-0.05, 0) is 22.8 Å². The number of hydrogen-bond donors (Lipinski definition) is 0. The highest BCUT2D eigenvalue weighted by Gasteiger charge is 2.64. The molecule has 22 heavy (non-hydrogen) atoms. The maximum Gasteiger partial charge on any atom is 0.235 e. The van der Waals surface area contributed by atoms with Crippen molar-refractivity contribution in [3.63, 3.8) is 0 Å². The fourth-order valence-electron chi connectivity index (χ4n) is 4.27. The van der Waals surface area contributed by atoms with E-state index in [1.54, 1.807) is 7.05 Å². The number of fused-ring (bicyclic) bond motifs is 10. The van der Waals surface area contributed by atoms with E-state index in [0.717, 1.165) is 22.3 Å². The largest absolute Gasteiger partial charge is 0.364 e. The molecule has 4 nitrogen and oxygen atoms in total. The van der Waals surface area contributed by atoms with Gasteiger partial charge in [0, 0.05) is 17.6 Å². The van der Waals surface area contributed by atoms with Gasteiger partial charge in [-0.15, -0.1) is 0 Å². The zero-order valence-electron chi connectivity index (χ0n) is 11.7. The average Bonchev–Trinajstić information content (AvgIpc) is 3.22. The normalized spacial score (nSPS) is 32.0. The monoisotopic (exact) mass is 313 g/mol. The number of amides is 2. The first-order valence-corrected chi connectivity index (χ1v) is 7.65. The molecule has 0 aromatic heterocycles. The highest BCUT2D eigenvalue weighted by molar-refractivity contribution is 6.31. The number of hydrogen-bond acceptors (Lipinski definition) is 3. The number of ether oxygens (including phenoxy) is 1. The number of rotatable bonds is 0. The summed E-state index contributed by atoms with van der Waals surface area (Å²) in [6.45, 7) is 0. The molecule has 3 heterocycles. The summed E-state index contributed by atoms with van der Waals surface area (Å²) < 4.78 is 6.05. The summed E-state index contributed by atoms with van der Waals surface area (Å²) in [4.78, 5) is 26.0. The average molecular weight is 314 g/mol. The van der Waals surface area contributed by atoms with E-state index in [1.807, 2.05) is 30.3 Å². The van der Waals surface area contributed by atoms with Crippen LogP contribution in [0.25, 0.3) is 11.1 Å². The van der Waals surface area contributed by atoms with Crippen molar-refractivity contribution < 1.29 is 14.3 Å². The van der Waals surface area contributed by atoms with E-state index in [-0.39, 0.29) is 17.9 Å². The zero-order chi connectivity index (χ0) is 15.2. The highest BCUT2D eigenvalue weighted by atomic mass is 35.5. The third-order valence-electron chi connectivity index (χ3n) is 5.23. The van der Waals surface area contributed by atoms with Gasteiger partial charge in [0.15, 0.2) is 0 Å². The molecule has 110 valence electrons. The number of carbonyl (C=O) groups is 2. The zero-order valence-corrected chi connectivity index (χ0v) is 12.5. The lowest BCUT2D eigenvalue weighted by Gasteiger charge is -2.20. The van der Waals surface area contributed by atoms with E-state index in [0.29, 0.717) is 5.02 Å². The molecule has 5 rings (SSSR count). The Morgan fingerprint density at radius 1 is 1.00 bits per heavy atom. The Balaban J connectivity index is 1.81. The standard InChI is InChI=1S/C17H12ClNO3/c1-19-16(20)12-13(17(19)21)15-11-9(18)6-5-7-3-2-4-8(7)10(11)14(12)22-15/h2-6,12-15H,1H3/t12-,13+,14+,15-/m0/s1. The van der Waals surface area contributed by atoms with Gasteiger partial charge in [0.1, 0.15) is 0 Å². The van der Waals surface area contributed by atoms with Gasteiger partial charge in [0.25, 0.3) is 0 Å². The number of nitrogens with zero attached hydrogens (tertiary/aromatic N) is 1. The number of imide groups is 1. The minimum Gasteiger partial charge on any atom is -0.364 e. The second-order valence-electron chi connectivity index (χ2n) is 6.17. The van der Waals surface area contributed by atoms with E-state index in [1.165, 1.54) is 4.90 Å². The minimum atomic E-state index is -0.431. The Labute approximate surface area is 132 Å². The first kappa shape index (κ1) is 12.6. The Hall–Kier alpha value is -1.91. The van der Waals surface area contributed by atoms with Crippen molar-refractivity contribution in [2.24, 2.45) is 11.8 Å². The SMILES string of the molecule is CN1C(=O)[C@@H]2[C@H](C1=O)[C@@H]1O[C@H]2c2c(Cl)ccc3cccc-3c21. The quantitative estimate of drug-likeness (QED) is 0.703. The predicted octanol–water partition coefficient (Wildman–Crippen LogP) is 2.80. The van der Waals surface area contributed by atoms with Gasteiger partial charge in [-0.1, -0.05) is 35.9 Å². The van der Waals surface area contributed by atoms with Gasteiger partial charge in [-0.2, -0.15) is 0 Å². The molecule has 0 spiro atoms. The van der Waals surface area contributed by atoms with Crippen LogP contribution in [0.3, 0.4) is 0 Å². The van der Waals surface area contributed by atoms with Crippen LogP contribution in [0.4, 0.5) is 0 Å². The third-order valence-corrected chi connectivity index (χ3v) is 5.56. The maximum absolute atomic E-state index is 12.4. The molecule has 2 bridgehead atoms. The lowest BCUT2D eigenvalue weighted by Crippen LogP contribution is -2.28. The topological polar surface area (TPSA) is 46.6 Å². The van der Waals surface area contributed by atoms with Crippen LogP contribution in [-0.2, 0) is 14.3 Å². The lowest BCUT2D eigenvalue weighted by molar-refractivity contribution is -0.141. The van der Waals surface area contributed by atoms with E-state index >= 15 is 0 Å². The maximum atomic E-state index is 12.4. The highest BCUT2D eigenvalue weighted by Crippen LogP contribution is 2.63. The fraction of sp³-hybridized carbons (Fsp3) is 0.294. The van der Waals surface area contributed by atoms with E-state index < -0.39 is 17.9 Å². The van der Waals surface area contributed by atoms with E-state index in [2.05, 4.69) is 0 Å². The first-order chi connectivity index (χ1) is 10.6. The molecule has 2 aliphatic carbocycles. The molecular weight excluding hydrogens is 302 g/mol. The van der Waals surface area contributed by atoms with Crippen LogP contribution < -0.4 is 0 Å². The Morgan fingerprint density at radius 2 is 1.68 bits per heavy atom. The van der Waals surface area contributed by atoms with Crippen molar-refractivity contribution in [2.75, 3.05) is 7.05 Å². The predicted molar refractivity (Wildman–Crippen MR) is 79.4 cm³/mol.